The number of rotatable bonds is 1. The van der Waals surface area contributed by atoms with Gasteiger partial charge in [0.1, 0.15) is 0 Å². The summed E-state index contributed by atoms with van der Waals surface area (Å²) in [4.78, 5) is 3.82. The van der Waals surface area contributed by atoms with Gasteiger partial charge in [-0.05, 0) is 7.05 Å². The number of thiazole rings is 1. The maximum Gasteiger partial charge on any atom is 1.00 e. The monoisotopic (exact) mass is 198 g/mol. The number of hydrogen-bond acceptors (Lipinski definition) is 3. The van der Waals surface area contributed by atoms with Gasteiger partial charge in [0.2, 0.25) is 0 Å². The van der Waals surface area contributed by atoms with E-state index in [-0.39, 0.29) is 58.2 Å². The quantitative estimate of drug-likeness (QED) is 0.528. The van der Waals surface area contributed by atoms with Crippen LogP contribution in [0.2, 0.25) is 0 Å². The summed E-state index contributed by atoms with van der Waals surface area (Å²) in [5.41, 5.74) is 0. The minimum Gasteiger partial charge on any atom is -0.441 e. The van der Waals surface area contributed by atoms with Gasteiger partial charge in [0.15, 0.2) is 0 Å². The van der Waals surface area contributed by atoms with Crippen LogP contribution < -0.4 is 63.5 Å². The minimum absolute atomic E-state index is 0. The first-order valence-electron chi connectivity index (χ1n) is 1.93. The van der Waals surface area contributed by atoms with E-state index in [1.54, 1.807) is 11.3 Å². The third-order valence-electron chi connectivity index (χ3n) is 0.603. The van der Waals surface area contributed by atoms with Crippen molar-refractivity contribution in [1.82, 2.24) is 4.98 Å². The Bertz CT molecular complexity index is 129. The molecule has 0 aromatic carbocycles. The van der Waals surface area contributed by atoms with Crippen molar-refractivity contribution < 1.29 is 58.2 Å². The van der Waals surface area contributed by atoms with Crippen LogP contribution in [-0.4, -0.2) is 12.0 Å². The van der Waals surface area contributed by atoms with Crippen molar-refractivity contribution in [1.29, 1.82) is 0 Å². The third-order valence-corrected chi connectivity index (χ3v) is 1.35. The molecule has 1 aromatic rings. The van der Waals surface area contributed by atoms with Gasteiger partial charge in [0.25, 0.3) is 0 Å². The summed E-state index contributed by atoms with van der Waals surface area (Å²) in [6, 6.07) is 0. The molecule has 1 heterocycles. The average Bonchev–Trinajstić information content (AvgIpc) is 2.14. The van der Waals surface area contributed by atoms with Crippen molar-refractivity contribution in [2.45, 2.75) is 0 Å². The molecule has 1 aromatic heterocycles. The molecule has 0 bridgehead atoms. The Morgan fingerprint density at radius 1 is 1.88 bits per heavy atom. The second kappa shape index (κ2) is 5.05. The fourth-order valence-electron chi connectivity index (χ4n) is 0.308. The number of hydrogen-bond donors (Lipinski definition) is 1. The molecule has 1 N–H and O–H groups in total. The Balaban J connectivity index is 0.000000490. The molecule has 0 aliphatic rings. The normalized spacial score (nSPS) is 7.62. The van der Waals surface area contributed by atoms with Crippen LogP contribution in [0.25, 0.3) is 0 Å². The summed E-state index contributed by atoms with van der Waals surface area (Å²) < 4.78 is 0. The molecule has 38 valence electrons. The van der Waals surface area contributed by atoms with Gasteiger partial charge >= 0.3 is 58.2 Å². The summed E-state index contributed by atoms with van der Waals surface area (Å²) in [6.07, 6.45) is 2.69. The van der Waals surface area contributed by atoms with E-state index in [0.717, 1.165) is 5.13 Å². The minimum atomic E-state index is 0. The summed E-state index contributed by atoms with van der Waals surface area (Å²) in [7, 11) is 1.84. The van der Waals surface area contributed by atoms with Crippen LogP contribution in [-0.2, 0) is 0 Å². The van der Waals surface area contributed by atoms with Gasteiger partial charge in [-0.15, -0.1) is 6.20 Å². The summed E-state index contributed by atoms with van der Waals surface area (Å²) in [5.74, 6) is 0. The maximum absolute atomic E-state index is 3.82. The molecule has 0 aliphatic carbocycles. The van der Waals surface area contributed by atoms with E-state index in [1.807, 2.05) is 12.4 Å². The van der Waals surface area contributed by atoms with Crippen molar-refractivity contribution in [3.63, 3.8) is 0 Å². The van der Waals surface area contributed by atoms with Gasteiger partial charge in [-0.3, -0.25) is 0 Å². The van der Waals surface area contributed by atoms with E-state index in [0.29, 0.717) is 0 Å². The Morgan fingerprint density at radius 2 is 2.62 bits per heavy atom. The molecular weight excluding hydrogens is 194 g/mol. The molecule has 8 heavy (non-hydrogen) atoms. The topological polar surface area (TPSA) is 24.9 Å². The Hall–Kier alpha value is 1.24. The number of aromatic nitrogens is 1. The maximum atomic E-state index is 3.82. The molecule has 2 nitrogen and oxygen atoms in total. The Labute approximate surface area is 101 Å². The first-order valence-corrected chi connectivity index (χ1v) is 2.81. The molecule has 0 spiro atoms. The zero-order valence-corrected chi connectivity index (χ0v) is 10.7. The fourth-order valence-corrected chi connectivity index (χ4v) is 0.749. The van der Waals surface area contributed by atoms with Gasteiger partial charge < -0.3 is 10.3 Å². The first kappa shape index (κ1) is 9.24. The van der Waals surface area contributed by atoms with Crippen molar-refractivity contribution in [2.75, 3.05) is 12.4 Å². The smallest absolute Gasteiger partial charge is 0.441 e. The second-order valence-electron chi connectivity index (χ2n) is 1.03. The largest absolute Gasteiger partial charge is 1.00 e. The Kier molecular flexibility index (Phi) is 5.83. The van der Waals surface area contributed by atoms with Gasteiger partial charge in [0, 0.05) is 5.13 Å². The molecular formula is C4H5N2RbS. The molecule has 0 radical (unpaired) electrons. The van der Waals surface area contributed by atoms with Crippen molar-refractivity contribution in [2.24, 2.45) is 0 Å². The summed E-state index contributed by atoms with van der Waals surface area (Å²) in [6.45, 7) is 0. The molecule has 0 fully saturated rings. The first-order chi connectivity index (χ1) is 3.43. The molecule has 0 atom stereocenters. The van der Waals surface area contributed by atoms with Gasteiger partial charge in [0.05, 0.1) is 0 Å². The molecule has 0 amide bonds. The number of nitrogens with one attached hydrogen (secondary N) is 1. The van der Waals surface area contributed by atoms with E-state index in [9.17, 15) is 0 Å². The molecule has 0 aliphatic heterocycles. The van der Waals surface area contributed by atoms with Crippen molar-refractivity contribution in [3.05, 3.63) is 11.6 Å². The van der Waals surface area contributed by atoms with E-state index in [4.69, 9.17) is 0 Å². The van der Waals surface area contributed by atoms with Crippen LogP contribution >= 0.6 is 11.3 Å². The molecule has 4 heteroatoms. The second-order valence-corrected chi connectivity index (χ2v) is 1.89. The van der Waals surface area contributed by atoms with Crippen LogP contribution in [0.1, 0.15) is 0 Å². The van der Waals surface area contributed by atoms with Crippen LogP contribution in [0, 0.1) is 6.20 Å². The van der Waals surface area contributed by atoms with Crippen molar-refractivity contribution in [3.8, 4) is 0 Å². The summed E-state index contributed by atoms with van der Waals surface area (Å²) >= 11 is 1.55. The van der Waals surface area contributed by atoms with Crippen LogP contribution in [0.4, 0.5) is 5.13 Å². The molecule has 0 unspecified atom stereocenters. The zero-order chi connectivity index (χ0) is 5.11. The van der Waals surface area contributed by atoms with Gasteiger partial charge in [-0.25, -0.2) is 11.3 Å². The predicted octanol–water partition coefficient (Wildman–Crippen LogP) is -2.01. The van der Waals surface area contributed by atoms with Crippen LogP contribution in [0.5, 0.6) is 0 Å². The van der Waals surface area contributed by atoms with Crippen LogP contribution in [0.15, 0.2) is 5.38 Å². The van der Waals surface area contributed by atoms with Crippen molar-refractivity contribution >= 4 is 16.5 Å². The van der Waals surface area contributed by atoms with E-state index >= 15 is 0 Å². The zero-order valence-electron chi connectivity index (χ0n) is 4.93. The summed E-state index contributed by atoms with van der Waals surface area (Å²) in [5, 5.41) is 5.61. The Morgan fingerprint density at radius 3 is 2.88 bits per heavy atom. The standard InChI is InChI=1S/C4H5N2S.Rb/c1-5-4-6-2-3-7-4;/h3H,1H3,(H,5,6);/q-1;+1. The van der Waals surface area contributed by atoms with E-state index < -0.39 is 0 Å². The molecule has 0 saturated heterocycles. The SMILES string of the molecule is CNc1n[c-]cs1.[Rb+]. The molecule has 0 saturated carbocycles. The average molecular weight is 199 g/mol. The van der Waals surface area contributed by atoms with E-state index in [1.165, 1.54) is 0 Å². The van der Waals surface area contributed by atoms with Gasteiger partial charge in [-0.1, -0.05) is 5.38 Å². The third kappa shape index (κ3) is 2.69. The van der Waals surface area contributed by atoms with E-state index in [2.05, 4.69) is 16.5 Å². The van der Waals surface area contributed by atoms with Gasteiger partial charge in [-0.2, -0.15) is 0 Å². The molecule has 1 rings (SSSR count). The number of nitrogens with zero attached hydrogens (tertiary/aromatic N) is 1. The fraction of sp³-hybridized carbons (Fsp3) is 0.250. The van der Waals surface area contributed by atoms with Crippen LogP contribution in [0.3, 0.4) is 0 Å². The number of anilines is 1. The predicted molar refractivity (Wildman–Crippen MR) is 30.5 cm³/mol.